The van der Waals surface area contributed by atoms with Gasteiger partial charge < -0.3 is 10.1 Å². The van der Waals surface area contributed by atoms with Crippen molar-refractivity contribution < 1.29 is 9.53 Å². The molecule has 0 saturated carbocycles. The summed E-state index contributed by atoms with van der Waals surface area (Å²) >= 11 is 0. The molecule has 0 atom stereocenters. The number of aryl methyl sites for hydroxylation is 2. The van der Waals surface area contributed by atoms with Gasteiger partial charge in [-0.15, -0.1) is 0 Å². The third kappa shape index (κ3) is 2.99. The minimum atomic E-state index is 0.0331. The zero-order valence-corrected chi connectivity index (χ0v) is 10.4. The molecule has 0 aromatic heterocycles. The summed E-state index contributed by atoms with van der Waals surface area (Å²) in [5.74, 6) is 0.779. The molecule has 0 aliphatic heterocycles. The van der Waals surface area contributed by atoms with Crippen molar-refractivity contribution in [2.24, 2.45) is 0 Å². The molecule has 1 rings (SSSR count). The highest BCUT2D eigenvalue weighted by molar-refractivity contribution is 5.92. The smallest absolute Gasteiger partial charge is 0.224 e. The highest BCUT2D eigenvalue weighted by Gasteiger charge is 2.09. The Morgan fingerprint density at radius 2 is 2.06 bits per heavy atom. The first-order valence-electron chi connectivity index (χ1n) is 5.53. The van der Waals surface area contributed by atoms with Crippen LogP contribution in [0.15, 0.2) is 12.1 Å². The average molecular weight is 221 g/mol. The van der Waals surface area contributed by atoms with Gasteiger partial charge in [-0.05, 0) is 37.5 Å². The van der Waals surface area contributed by atoms with Gasteiger partial charge in [-0.25, -0.2) is 0 Å². The first-order chi connectivity index (χ1) is 7.58. The molecule has 16 heavy (non-hydrogen) atoms. The highest BCUT2D eigenvalue weighted by Crippen LogP contribution is 2.29. The lowest BCUT2D eigenvalue weighted by Crippen LogP contribution is -2.12. The number of carbonyl (C=O) groups is 1. The molecule has 0 heterocycles. The topological polar surface area (TPSA) is 38.3 Å². The summed E-state index contributed by atoms with van der Waals surface area (Å²) in [7, 11) is 1.62. The zero-order valence-electron chi connectivity index (χ0n) is 10.4. The second-order valence-electron chi connectivity index (χ2n) is 3.96. The van der Waals surface area contributed by atoms with Gasteiger partial charge in [-0.3, -0.25) is 4.79 Å². The van der Waals surface area contributed by atoms with Gasteiger partial charge in [0.05, 0.1) is 12.8 Å². The van der Waals surface area contributed by atoms with Crippen molar-refractivity contribution in [1.29, 1.82) is 0 Å². The Morgan fingerprint density at radius 1 is 1.38 bits per heavy atom. The number of methoxy groups -OCH3 is 1. The standard InChI is InChI=1S/C13H19NO2/c1-5-6-12(15)14-11-8-9(2)7-10(3)13(11)16-4/h7-8H,5-6H2,1-4H3,(H,14,15). The molecule has 3 heteroatoms. The van der Waals surface area contributed by atoms with Crippen LogP contribution in [0.25, 0.3) is 0 Å². The third-order valence-corrected chi connectivity index (χ3v) is 2.37. The maximum absolute atomic E-state index is 11.5. The first kappa shape index (κ1) is 12.6. The number of carbonyl (C=O) groups excluding carboxylic acids is 1. The normalized spacial score (nSPS) is 10.0. The minimum absolute atomic E-state index is 0.0331. The Hall–Kier alpha value is -1.51. The van der Waals surface area contributed by atoms with Crippen molar-refractivity contribution in [3.63, 3.8) is 0 Å². The molecule has 1 aromatic carbocycles. The fraction of sp³-hybridized carbons (Fsp3) is 0.462. The second kappa shape index (κ2) is 5.54. The second-order valence-corrected chi connectivity index (χ2v) is 3.96. The van der Waals surface area contributed by atoms with Crippen molar-refractivity contribution in [3.05, 3.63) is 23.3 Å². The van der Waals surface area contributed by atoms with Crippen LogP contribution in [0.4, 0.5) is 5.69 Å². The van der Waals surface area contributed by atoms with Gasteiger partial charge in [0.15, 0.2) is 0 Å². The number of anilines is 1. The average Bonchev–Trinajstić information content (AvgIpc) is 2.17. The van der Waals surface area contributed by atoms with E-state index in [0.29, 0.717) is 6.42 Å². The van der Waals surface area contributed by atoms with Gasteiger partial charge in [0.2, 0.25) is 5.91 Å². The number of benzene rings is 1. The van der Waals surface area contributed by atoms with E-state index in [4.69, 9.17) is 4.74 Å². The largest absolute Gasteiger partial charge is 0.494 e. The molecule has 0 saturated heterocycles. The quantitative estimate of drug-likeness (QED) is 0.848. The maximum Gasteiger partial charge on any atom is 0.224 e. The monoisotopic (exact) mass is 221 g/mol. The van der Waals surface area contributed by atoms with E-state index in [2.05, 4.69) is 5.32 Å². The molecular formula is C13H19NO2. The fourth-order valence-corrected chi connectivity index (χ4v) is 1.76. The summed E-state index contributed by atoms with van der Waals surface area (Å²) in [6.07, 6.45) is 1.38. The van der Waals surface area contributed by atoms with Gasteiger partial charge in [0.25, 0.3) is 0 Å². The Bertz CT molecular complexity index is 386. The summed E-state index contributed by atoms with van der Waals surface area (Å²) in [6.45, 7) is 5.96. The van der Waals surface area contributed by atoms with E-state index in [0.717, 1.165) is 29.0 Å². The molecule has 3 nitrogen and oxygen atoms in total. The van der Waals surface area contributed by atoms with Crippen LogP contribution in [0.5, 0.6) is 5.75 Å². The van der Waals surface area contributed by atoms with Gasteiger partial charge >= 0.3 is 0 Å². The van der Waals surface area contributed by atoms with E-state index >= 15 is 0 Å². The number of rotatable bonds is 4. The van der Waals surface area contributed by atoms with Crippen molar-refractivity contribution in [2.45, 2.75) is 33.6 Å². The predicted octanol–water partition coefficient (Wildman–Crippen LogP) is 3.05. The van der Waals surface area contributed by atoms with Gasteiger partial charge in [0, 0.05) is 6.42 Å². The number of hydrogen-bond donors (Lipinski definition) is 1. The summed E-state index contributed by atoms with van der Waals surface area (Å²) in [6, 6.07) is 3.97. The van der Waals surface area contributed by atoms with E-state index < -0.39 is 0 Å². The zero-order chi connectivity index (χ0) is 12.1. The fourth-order valence-electron chi connectivity index (χ4n) is 1.76. The molecule has 0 radical (unpaired) electrons. The van der Waals surface area contributed by atoms with E-state index in [9.17, 15) is 4.79 Å². The van der Waals surface area contributed by atoms with Crippen LogP contribution in [0, 0.1) is 13.8 Å². The van der Waals surface area contributed by atoms with Crippen LogP contribution in [-0.4, -0.2) is 13.0 Å². The van der Waals surface area contributed by atoms with Gasteiger partial charge in [0.1, 0.15) is 5.75 Å². The first-order valence-corrected chi connectivity index (χ1v) is 5.53. The number of hydrogen-bond acceptors (Lipinski definition) is 2. The van der Waals surface area contributed by atoms with Crippen molar-refractivity contribution in [1.82, 2.24) is 0 Å². The maximum atomic E-state index is 11.5. The van der Waals surface area contributed by atoms with Crippen molar-refractivity contribution in [2.75, 3.05) is 12.4 Å². The lowest BCUT2D eigenvalue weighted by molar-refractivity contribution is -0.116. The van der Waals surface area contributed by atoms with Crippen molar-refractivity contribution in [3.8, 4) is 5.75 Å². The van der Waals surface area contributed by atoms with Crippen molar-refractivity contribution >= 4 is 11.6 Å². The molecule has 1 aromatic rings. The molecule has 0 unspecified atom stereocenters. The van der Waals surface area contributed by atoms with Crippen LogP contribution in [0.2, 0.25) is 0 Å². The van der Waals surface area contributed by atoms with Crippen LogP contribution in [0.1, 0.15) is 30.9 Å². The SMILES string of the molecule is CCCC(=O)Nc1cc(C)cc(C)c1OC. The van der Waals surface area contributed by atoms with E-state index in [1.807, 2.05) is 32.9 Å². The Kier molecular flexibility index (Phi) is 4.35. The minimum Gasteiger partial charge on any atom is -0.494 e. The number of ether oxygens (including phenoxy) is 1. The molecule has 0 fully saturated rings. The van der Waals surface area contributed by atoms with E-state index in [1.54, 1.807) is 7.11 Å². The van der Waals surface area contributed by atoms with Crippen LogP contribution < -0.4 is 10.1 Å². The summed E-state index contributed by atoms with van der Waals surface area (Å²) in [5.41, 5.74) is 2.91. The molecule has 0 spiro atoms. The molecule has 0 aliphatic carbocycles. The molecule has 0 aliphatic rings. The lowest BCUT2D eigenvalue weighted by Gasteiger charge is -2.13. The number of nitrogens with one attached hydrogen (secondary N) is 1. The van der Waals surface area contributed by atoms with Crippen LogP contribution >= 0.6 is 0 Å². The Morgan fingerprint density at radius 3 is 2.62 bits per heavy atom. The predicted molar refractivity (Wildman–Crippen MR) is 66.0 cm³/mol. The highest BCUT2D eigenvalue weighted by atomic mass is 16.5. The van der Waals surface area contributed by atoms with Crippen LogP contribution in [-0.2, 0) is 4.79 Å². The number of amides is 1. The van der Waals surface area contributed by atoms with Crippen LogP contribution in [0.3, 0.4) is 0 Å². The summed E-state index contributed by atoms with van der Waals surface area (Å²) in [4.78, 5) is 11.5. The third-order valence-electron chi connectivity index (χ3n) is 2.37. The van der Waals surface area contributed by atoms with E-state index in [1.165, 1.54) is 0 Å². The Balaban J connectivity index is 2.97. The summed E-state index contributed by atoms with van der Waals surface area (Å²) in [5, 5.41) is 2.88. The lowest BCUT2D eigenvalue weighted by atomic mass is 10.1. The molecule has 1 N–H and O–H groups in total. The summed E-state index contributed by atoms with van der Waals surface area (Å²) < 4.78 is 5.30. The van der Waals surface area contributed by atoms with E-state index in [-0.39, 0.29) is 5.91 Å². The van der Waals surface area contributed by atoms with Gasteiger partial charge in [-0.1, -0.05) is 13.0 Å². The molecule has 88 valence electrons. The van der Waals surface area contributed by atoms with Gasteiger partial charge in [-0.2, -0.15) is 0 Å². The molecule has 1 amide bonds. The Labute approximate surface area is 96.8 Å². The molecular weight excluding hydrogens is 202 g/mol. The molecule has 0 bridgehead atoms.